The third kappa shape index (κ3) is 3.32. The van der Waals surface area contributed by atoms with Crippen molar-refractivity contribution < 1.29 is 0 Å². The third-order valence-corrected chi connectivity index (χ3v) is 1.91. The van der Waals surface area contributed by atoms with E-state index >= 15 is 0 Å². The Labute approximate surface area is 81.5 Å². The van der Waals surface area contributed by atoms with Crippen LogP contribution in [0.1, 0.15) is 19.4 Å². The van der Waals surface area contributed by atoms with Crippen LogP contribution in [0.5, 0.6) is 0 Å². The minimum atomic E-state index is 0.518. The fourth-order valence-corrected chi connectivity index (χ4v) is 1.29. The number of nitrogens with one attached hydrogen (secondary N) is 1. The highest BCUT2D eigenvalue weighted by Crippen LogP contribution is 2.09. The second-order valence-electron chi connectivity index (χ2n) is 3.05. The van der Waals surface area contributed by atoms with E-state index in [0.29, 0.717) is 6.04 Å². The number of pyridine rings is 1. The molecule has 0 saturated heterocycles. The molecule has 1 heterocycles. The monoisotopic (exact) mass is 228 g/mol. The maximum Gasteiger partial charge on any atom is 0.0410 e. The first-order valence-corrected chi connectivity index (χ1v) is 4.80. The molecule has 0 radical (unpaired) electrons. The number of rotatable bonds is 3. The molecule has 0 aliphatic carbocycles. The first-order chi connectivity index (χ1) is 5.68. The van der Waals surface area contributed by atoms with Gasteiger partial charge >= 0.3 is 0 Å². The van der Waals surface area contributed by atoms with Crippen LogP contribution in [0.2, 0.25) is 0 Å². The molecule has 0 aliphatic rings. The second kappa shape index (κ2) is 4.58. The summed E-state index contributed by atoms with van der Waals surface area (Å²) in [5.74, 6) is 0. The zero-order chi connectivity index (χ0) is 8.97. The van der Waals surface area contributed by atoms with Crippen molar-refractivity contribution >= 4 is 15.9 Å². The van der Waals surface area contributed by atoms with Gasteiger partial charge in [0.15, 0.2) is 0 Å². The average molecular weight is 229 g/mol. The van der Waals surface area contributed by atoms with Crippen LogP contribution in [0, 0.1) is 0 Å². The normalized spacial score (nSPS) is 10.7. The maximum absolute atomic E-state index is 4.08. The van der Waals surface area contributed by atoms with Crippen LogP contribution in [0.25, 0.3) is 0 Å². The molecule has 1 aromatic rings. The molecule has 0 bridgehead atoms. The van der Waals surface area contributed by atoms with Gasteiger partial charge in [0.2, 0.25) is 0 Å². The molecule has 1 aromatic heterocycles. The van der Waals surface area contributed by atoms with Gasteiger partial charge < -0.3 is 5.32 Å². The van der Waals surface area contributed by atoms with Gasteiger partial charge in [0.25, 0.3) is 0 Å². The van der Waals surface area contributed by atoms with Crippen molar-refractivity contribution in [3.8, 4) is 0 Å². The van der Waals surface area contributed by atoms with Gasteiger partial charge in [0.1, 0.15) is 0 Å². The van der Waals surface area contributed by atoms with E-state index in [4.69, 9.17) is 0 Å². The Hall–Kier alpha value is -0.410. The second-order valence-corrected chi connectivity index (χ2v) is 3.96. The molecule has 0 saturated carbocycles. The standard InChI is InChI=1S/C9H13BrN2/c1-7(2)12-5-8-3-9(10)6-11-4-8/h3-4,6-7,12H,5H2,1-2H3. The van der Waals surface area contributed by atoms with Gasteiger partial charge in [-0.15, -0.1) is 0 Å². The topological polar surface area (TPSA) is 24.9 Å². The molecule has 0 spiro atoms. The van der Waals surface area contributed by atoms with Crippen LogP contribution in [0.15, 0.2) is 22.9 Å². The third-order valence-electron chi connectivity index (χ3n) is 1.48. The summed E-state index contributed by atoms with van der Waals surface area (Å²) >= 11 is 3.38. The molecule has 0 amide bonds. The minimum absolute atomic E-state index is 0.518. The fraction of sp³-hybridized carbons (Fsp3) is 0.444. The van der Waals surface area contributed by atoms with Crippen LogP contribution in [0.3, 0.4) is 0 Å². The minimum Gasteiger partial charge on any atom is -0.310 e. The molecule has 1 rings (SSSR count). The lowest BCUT2D eigenvalue weighted by molar-refractivity contribution is 0.588. The van der Waals surface area contributed by atoms with Crippen LogP contribution >= 0.6 is 15.9 Å². The number of hydrogen-bond acceptors (Lipinski definition) is 2. The summed E-state index contributed by atoms with van der Waals surface area (Å²) in [5, 5.41) is 3.33. The molecule has 1 N–H and O–H groups in total. The Kier molecular flexibility index (Phi) is 3.69. The van der Waals surface area contributed by atoms with Gasteiger partial charge in [0, 0.05) is 29.5 Å². The maximum atomic E-state index is 4.08. The number of halogens is 1. The van der Waals surface area contributed by atoms with E-state index in [1.54, 1.807) is 6.20 Å². The quantitative estimate of drug-likeness (QED) is 0.860. The lowest BCUT2D eigenvalue weighted by Gasteiger charge is -2.07. The molecular formula is C9H13BrN2. The molecule has 0 aromatic carbocycles. The number of nitrogens with zero attached hydrogens (tertiary/aromatic N) is 1. The van der Waals surface area contributed by atoms with Gasteiger partial charge in [-0.3, -0.25) is 4.98 Å². The van der Waals surface area contributed by atoms with Crippen molar-refractivity contribution in [1.29, 1.82) is 0 Å². The summed E-state index contributed by atoms with van der Waals surface area (Å²) in [6.45, 7) is 5.14. The summed E-state index contributed by atoms with van der Waals surface area (Å²) < 4.78 is 1.03. The molecule has 66 valence electrons. The van der Waals surface area contributed by atoms with E-state index < -0.39 is 0 Å². The average Bonchev–Trinajstić information content (AvgIpc) is 2.01. The largest absolute Gasteiger partial charge is 0.310 e. The van der Waals surface area contributed by atoms with Crippen LogP contribution in [-0.4, -0.2) is 11.0 Å². The van der Waals surface area contributed by atoms with Crippen LogP contribution in [-0.2, 0) is 6.54 Å². The first kappa shape index (κ1) is 9.68. The van der Waals surface area contributed by atoms with Crippen LogP contribution < -0.4 is 5.32 Å². The Morgan fingerprint density at radius 3 is 2.83 bits per heavy atom. The van der Waals surface area contributed by atoms with E-state index in [0.717, 1.165) is 11.0 Å². The highest BCUT2D eigenvalue weighted by molar-refractivity contribution is 9.10. The highest BCUT2D eigenvalue weighted by Gasteiger charge is 1.95. The summed E-state index contributed by atoms with van der Waals surface area (Å²) in [7, 11) is 0. The predicted octanol–water partition coefficient (Wildman–Crippen LogP) is 2.34. The molecular weight excluding hydrogens is 216 g/mol. The Morgan fingerprint density at radius 2 is 2.25 bits per heavy atom. The van der Waals surface area contributed by atoms with Crippen molar-refractivity contribution in [2.45, 2.75) is 26.4 Å². The molecule has 0 aliphatic heterocycles. The summed E-state index contributed by atoms with van der Waals surface area (Å²) in [6.07, 6.45) is 3.67. The van der Waals surface area contributed by atoms with Crippen LogP contribution in [0.4, 0.5) is 0 Å². The Bertz CT molecular complexity index is 248. The van der Waals surface area contributed by atoms with Crippen molar-refractivity contribution in [1.82, 2.24) is 10.3 Å². The molecule has 0 unspecified atom stereocenters. The lowest BCUT2D eigenvalue weighted by Crippen LogP contribution is -2.21. The van der Waals surface area contributed by atoms with Gasteiger partial charge in [-0.2, -0.15) is 0 Å². The number of hydrogen-bond donors (Lipinski definition) is 1. The summed E-state index contributed by atoms with van der Waals surface area (Å²) in [5.41, 5.74) is 1.21. The van der Waals surface area contributed by atoms with E-state index in [1.807, 2.05) is 6.20 Å². The van der Waals surface area contributed by atoms with Gasteiger partial charge in [-0.25, -0.2) is 0 Å². The SMILES string of the molecule is CC(C)NCc1cncc(Br)c1. The predicted molar refractivity (Wildman–Crippen MR) is 53.9 cm³/mol. The summed E-state index contributed by atoms with van der Waals surface area (Å²) in [4.78, 5) is 4.08. The Balaban J connectivity index is 2.52. The van der Waals surface area contributed by atoms with E-state index in [9.17, 15) is 0 Å². The summed E-state index contributed by atoms with van der Waals surface area (Å²) in [6, 6.07) is 2.59. The zero-order valence-corrected chi connectivity index (χ0v) is 8.93. The zero-order valence-electron chi connectivity index (χ0n) is 7.34. The van der Waals surface area contributed by atoms with Crippen molar-refractivity contribution in [2.24, 2.45) is 0 Å². The smallest absolute Gasteiger partial charge is 0.0410 e. The lowest BCUT2D eigenvalue weighted by atomic mass is 10.2. The first-order valence-electron chi connectivity index (χ1n) is 4.01. The fourth-order valence-electron chi connectivity index (χ4n) is 0.875. The van der Waals surface area contributed by atoms with Gasteiger partial charge in [-0.1, -0.05) is 13.8 Å². The molecule has 3 heteroatoms. The molecule has 0 atom stereocenters. The van der Waals surface area contributed by atoms with Crippen molar-refractivity contribution in [3.05, 3.63) is 28.5 Å². The van der Waals surface area contributed by atoms with E-state index in [2.05, 4.69) is 46.1 Å². The van der Waals surface area contributed by atoms with Gasteiger partial charge in [-0.05, 0) is 27.6 Å². The molecule has 2 nitrogen and oxygen atoms in total. The van der Waals surface area contributed by atoms with Crippen molar-refractivity contribution in [2.75, 3.05) is 0 Å². The van der Waals surface area contributed by atoms with E-state index in [1.165, 1.54) is 5.56 Å². The highest BCUT2D eigenvalue weighted by atomic mass is 79.9. The van der Waals surface area contributed by atoms with E-state index in [-0.39, 0.29) is 0 Å². The van der Waals surface area contributed by atoms with Crippen molar-refractivity contribution in [3.63, 3.8) is 0 Å². The molecule has 0 fully saturated rings. The number of aromatic nitrogens is 1. The van der Waals surface area contributed by atoms with Gasteiger partial charge in [0.05, 0.1) is 0 Å². The molecule has 12 heavy (non-hydrogen) atoms. The Morgan fingerprint density at radius 1 is 1.50 bits per heavy atom.